The molecule has 3 rings (SSSR count). The van der Waals surface area contributed by atoms with Crippen LogP contribution in [0.2, 0.25) is 0 Å². The normalized spacial score (nSPS) is 17.9. The van der Waals surface area contributed by atoms with Gasteiger partial charge in [-0.05, 0) is 41.3 Å². The van der Waals surface area contributed by atoms with Gasteiger partial charge in [-0.25, -0.2) is 0 Å². The van der Waals surface area contributed by atoms with Crippen molar-refractivity contribution in [2.75, 3.05) is 0 Å². The first-order valence-corrected chi connectivity index (χ1v) is 5.62. The largest absolute Gasteiger partial charge is 0.197 e. The van der Waals surface area contributed by atoms with E-state index in [0.717, 1.165) is 12.8 Å². The van der Waals surface area contributed by atoms with E-state index >= 15 is 0 Å². The van der Waals surface area contributed by atoms with Gasteiger partial charge in [0.15, 0.2) is 0 Å². The molecule has 0 unspecified atom stereocenters. The molecule has 1 nitrogen and oxygen atoms in total. The second kappa shape index (κ2) is 2.59. The van der Waals surface area contributed by atoms with Gasteiger partial charge in [0, 0.05) is 4.70 Å². The highest BCUT2D eigenvalue weighted by molar-refractivity contribution is 7.17. The number of hydrogen-bond donors (Lipinski definition) is 0. The molecule has 2 heteroatoms. The van der Waals surface area contributed by atoms with Crippen LogP contribution in [0.1, 0.15) is 18.4 Å². The van der Waals surface area contributed by atoms with Crippen LogP contribution >= 0.6 is 11.3 Å². The highest BCUT2D eigenvalue weighted by atomic mass is 32.1. The summed E-state index contributed by atoms with van der Waals surface area (Å²) in [5.74, 6) is 0. The van der Waals surface area contributed by atoms with Crippen LogP contribution in [0.4, 0.5) is 0 Å². The van der Waals surface area contributed by atoms with Crippen molar-refractivity contribution in [1.29, 1.82) is 5.26 Å². The van der Waals surface area contributed by atoms with Gasteiger partial charge in [0.1, 0.15) is 0 Å². The van der Waals surface area contributed by atoms with Crippen molar-refractivity contribution in [1.82, 2.24) is 0 Å². The van der Waals surface area contributed by atoms with Gasteiger partial charge in [-0.2, -0.15) is 5.26 Å². The Labute approximate surface area is 86.6 Å². The van der Waals surface area contributed by atoms with Gasteiger partial charge in [-0.1, -0.05) is 12.1 Å². The summed E-state index contributed by atoms with van der Waals surface area (Å²) in [5.41, 5.74) is 1.08. The zero-order valence-electron chi connectivity index (χ0n) is 7.66. The van der Waals surface area contributed by atoms with Crippen LogP contribution in [0, 0.1) is 11.3 Å². The third kappa shape index (κ3) is 0.935. The number of benzene rings is 1. The molecule has 0 radical (unpaired) electrons. The lowest BCUT2D eigenvalue weighted by Gasteiger charge is -2.06. The third-order valence-electron chi connectivity index (χ3n) is 2.98. The Morgan fingerprint density at radius 1 is 1.29 bits per heavy atom. The van der Waals surface area contributed by atoms with E-state index in [1.54, 1.807) is 11.3 Å². The molecule has 0 saturated heterocycles. The maximum Gasteiger partial charge on any atom is 0.0830 e. The summed E-state index contributed by atoms with van der Waals surface area (Å²) in [5, 5.41) is 12.5. The van der Waals surface area contributed by atoms with Crippen molar-refractivity contribution < 1.29 is 0 Å². The molecule has 1 aromatic heterocycles. The minimum atomic E-state index is -0.152. The Morgan fingerprint density at radius 2 is 2.14 bits per heavy atom. The second-order valence-electron chi connectivity index (χ2n) is 3.83. The molecular formula is C12H9NS. The first-order chi connectivity index (χ1) is 6.86. The molecule has 1 aliphatic rings. The number of hydrogen-bond acceptors (Lipinski definition) is 2. The summed E-state index contributed by atoms with van der Waals surface area (Å²) in [6.07, 6.45) is 2.05. The topological polar surface area (TPSA) is 23.8 Å². The zero-order chi connectivity index (χ0) is 9.60. The Hall–Kier alpha value is -1.33. The average molecular weight is 199 g/mol. The summed E-state index contributed by atoms with van der Waals surface area (Å²) >= 11 is 1.75. The Bertz CT molecular complexity index is 528. The molecule has 14 heavy (non-hydrogen) atoms. The van der Waals surface area contributed by atoms with Crippen LogP contribution in [0.15, 0.2) is 29.6 Å². The molecule has 1 saturated carbocycles. The number of nitrogens with zero attached hydrogens (tertiary/aromatic N) is 1. The van der Waals surface area contributed by atoms with Crippen molar-refractivity contribution >= 4 is 21.4 Å². The summed E-state index contributed by atoms with van der Waals surface area (Å²) < 4.78 is 1.30. The molecule has 2 aromatic rings. The van der Waals surface area contributed by atoms with Crippen LogP contribution in [0.5, 0.6) is 0 Å². The molecule has 1 heterocycles. The molecule has 1 aliphatic carbocycles. The molecule has 1 aromatic carbocycles. The van der Waals surface area contributed by atoms with Crippen molar-refractivity contribution in [3.63, 3.8) is 0 Å². The maximum atomic E-state index is 9.16. The smallest absolute Gasteiger partial charge is 0.0830 e. The van der Waals surface area contributed by atoms with Gasteiger partial charge >= 0.3 is 0 Å². The van der Waals surface area contributed by atoms with E-state index in [1.807, 2.05) is 0 Å². The second-order valence-corrected chi connectivity index (χ2v) is 4.78. The minimum Gasteiger partial charge on any atom is -0.197 e. The van der Waals surface area contributed by atoms with E-state index in [0.29, 0.717) is 0 Å². The van der Waals surface area contributed by atoms with E-state index < -0.39 is 0 Å². The van der Waals surface area contributed by atoms with E-state index in [4.69, 9.17) is 5.26 Å². The van der Waals surface area contributed by atoms with Crippen LogP contribution in [0.25, 0.3) is 10.1 Å². The zero-order valence-corrected chi connectivity index (χ0v) is 8.47. The fourth-order valence-corrected chi connectivity index (χ4v) is 2.79. The van der Waals surface area contributed by atoms with Crippen LogP contribution in [0.3, 0.4) is 0 Å². The molecule has 0 aliphatic heterocycles. The average Bonchev–Trinajstić information content (AvgIpc) is 2.87. The van der Waals surface area contributed by atoms with Gasteiger partial charge in [-0.3, -0.25) is 0 Å². The highest BCUT2D eigenvalue weighted by Gasteiger charge is 2.45. The Morgan fingerprint density at radius 3 is 2.86 bits per heavy atom. The molecule has 68 valence electrons. The number of thiophene rings is 1. The van der Waals surface area contributed by atoms with Crippen molar-refractivity contribution in [2.45, 2.75) is 18.3 Å². The summed E-state index contributed by atoms with van der Waals surface area (Å²) in [4.78, 5) is 0. The maximum absolute atomic E-state index is 9.16. The quantitative estimate of drug-likeness (QED) is 0.690. The monoisotopic (exact) mass is 199 g/mol. The van der Waals surface area contributed by atoms with E-state index in [9.17, 15) is 0 Å². The molecule has 0 atom stereocenters. The molecule has 0 spiro atoms. The molecular weight excluding hydrogens is 190 g/mol. The summed E-state index contributed by atoms with van der Waals surface area (Å²) in [7, 11) is 0. The van der Waals surface area contributed by atoms with Crippen molar-refractivity contribution in [2.24, 2.45) is 0 Å². The van der Waals surface area contributed by atoms with Crippen molar-refractivity contribution in [3.8, 4) is 6.07 Å². The first-order valence-electron chi connectivity index (χ1n) is 4.74. The minimum absolute atomic E-state index is 0.152. The van der Waals surface area contributed by atoms with Gasteiger partial charge in [0.05, 0.1) is 11.5 Å². The standard InChI is InChI=1S/C12H9NS/c13-8-12(5-6-12)10-2-1-3-11-9(10)4-7-14-11/h1-4,7H,5-6H2. The molecule has 0 amide bonds. The Balaban J connectivity index is 2.32. The van der Waals surface area contributed by atoms with Crippen molar-refractivity contribution in [3.05, 3.63) is 35.2 Å². The molecule has 1 fully saturated rings. The summed E-state index contributed by atoms with van der Waals surface area (Å²) in [6, 6.07) is 10.9. The van der Waals surface area contributed by atoms with E-state index in [2.05, 4.69) is 35.7 Å². The van der Waals surface area contributed by atoms with Crippen LogP contribution in [-0.4, -0.2) is 0 Å². The first kappa shape index (κ1) is 8.02. The van der Waals surface area contributed by atoms with Gasteiger partial charge in [-0.15, -0.1) is 11.3 Å². The van der Waals surface area contributed by atoms with Gasteiger partial charge in [0.25, 0.3) is 0 Å². The lowest BCUT2D eigenvalue weighted by molar-refractivity contribution is 0.921. The summed E-state index contributed by atoms with van der Waals surface area (Å²) in [6.45, 7) is 0. The lowest BCUT2D eigenvalue weighted by Crippen LogP contribution is -2.02. The van der Waals surface area contributed by atoms with Gasteiger partial charge < -0.3 is 0 Å². The number of fused-ring (bicyclic) bond motifs is 1. The fourth-order valence-electron chi connectivity index (χ4n) is 1.98. The predicted octanol–water partition coefficient (Wildman–Crippen LogP) is 3.46. The molecule has 0 bridgehead atoms. The van der Waals surface area contributed by atoms with E-state index in [1.165, 1.54) is 15.6 Å². The predicted molar refractivity (Wildman–Crippen MR) is 58.4 cm³/mol. The fraction of sp³-hybridized carbons (Fsp3) is 0.250. The number of nitriles is 1. The van der Waals surface area contributed by atoms with E-state index in [-0.39, 0.29) is 5.41 Å². The van der Waals surface area contributed by atoms with Gasteiger partial charge in [0.2, 0.25) is 0 Å². The SMILES string of the molecule is N#CC1(c2cccc3sccc23)CC1. The Kier molecular flexibility index (Phi) is 1.48. The number of rotatable bonds is 1. The highest BCUT2D eigenvalue weighted by Crippen LogP contribution is 2.50. The molecule has 0 N–H and O–H groups in total. The third-order valence-corrected chi connectivity index (χ3v) is 3.86. The van der Waals surface area contributed by atoms with Crippen LogP contribution in [-0.2, 0) is 5.41 Å². The lowest BCUT2D eigenvalue weighted by atomic mass is 9.95. The van der Waals surface area contributed by atoms with Crippen LogP contribution < -0.4 is 0 Å².